The van der Waals surface area contributed by atoms with E-state index in [1.165, 1.54) is 6.92 Å². The van der Waals surface area contributed by atoms with Crippen LogP contribution < -0.4 is 10.1 Å². The van der Waals surface area contributed by atoms with Gasteiger partial charge in [0.2, 0.25) is 0 Å². The minimum atomic E-state index is -0.971. The lowest BCUT2D eigenvalue weighted by atomic mass is 10.3. The van der Waals surface area contributed by atoms with Crippen molar-refractivity contribution in [3.05, 3.63) is 40.7 Å². The summed E-state index contributed by atoms with van der Waals surface area (Å²) in [5.41, 5.74) is 2.11. The molecule has 0 aliphatic rings. The Hall–Kier alpha value is -2.54. The molecule has 7 nitrogen and oxygen atoms in total. The highest BCUT2D eigenvalue weighted by molar-refractivity contribution is 6.32. The van der Waals surface area contributed by atoms with Gasteiger partial charge in [0.15, 0.2) is 12.7 Å². The third-order valence-corrected chi connectivity index (χ3v) is 3.93. The van der Waals surface area contributed by atoms with Crippen molar-refractivity contribution < 1.29 is 19.1 Å². The molecule has 0 saturated carbocycles. The van der Waals surface area contributed by atoms with Gasteiger partial charge in [-0.2, -0.15) is 5.10 Å². The predicted molar refractivity (Wildman–Crippen MR) is 93.8 cm³/mol. The number of rotatable bonds is 6. The largest absolute Gasteiger partial charge is 0.480 e. The van der Waals surface area contributed by atoms with E-state index in [4.69, 9.17) is 21.1 Å². The Morgan fingerprint density at radius 1 is 1.32 bits per heavy atom. The Kier molecular flexibility index (Phi) is 6.03. The third-order valence-electron chi connectivity index (χ3n) is 3.62. The zero-order chi connectivity index (χ0) is 18.6. The van der Waals surface area contributed by atoms with Gasteiger partial charge in [0, 0.05) is 7.05 Å². The van der Waals surface area contributed by atoms with Crippen molar-refractivity contribution in [1.82, 2.24) is 9.78 Å². The molecule has 1 aromatic carbocycles. The molecule has 1 atom stereocenters. The Morgan fingerprint density at radius 3 is 2.60 bits per heavy atom. The van der Waals surface area contributed by atoms with Crippen LogP contribution in [-0.4, -0.2) is 34.4 Å². The van der Waals surface area contributed by atoms with Gasteiger partial charge in [0.25, 0.3) is 5.91 Å². The Bertz CT molecular complexity index is 788. The molecule has 25 heavy (non-hydrogen) atoms. The van der Waals surface area contributed by atoms with Gasteiger partial charge in [0.1, 0.15) is 5.75 Å². The molecular weight excluding hydrogens is 346 g/mol. The van der Waals surface area contributed by atoms with E-state index in [0.717, 1.165) is 5.69 Å². The molecule has 0 aliphatic heterocycles. The van der Waals surface area contributed by atoms with E-state index in [0.29, 0.717) is 22.2 Å². The molecule has 2 rings (SSSR count). The highest BCUT2D eigenvalue weighted by Crippen LogP contribution is 2.23. The average molecular weight is 366 g/mol. The van der Waals surface area contributed by atoms with Crippen LogP contribution in [-0.2, 0) is 21.4 Å². The van der Waals surface area contributed by atoms with E-state index in [9.17, 15) is 9.59 Å². The van der Waals surface area contributed by atoms with Gasteiger partial charge in [-0.25, -0.2) is 4.79 Å². The van der Waals surface area contributed by atoms with Crippen molar-refractivity contribution in [2.24, 2.45) is 7.05 Å². The topological polar surface area (TPSA) is 82.5 Å². The number of hydrogen-bond acceptors (Lipinski definition) is 5. The van der Waals surface area contributed by atoms with Gasteiger partial charge in [-0.05, 0) is 32.9 Å². The molecule has 0 fully saturated rings. The van der Waals surface area contributed by atoms with E-state index in [1.54, 1.807) is 42.9 Å². The van der Waals surface area contributed by atoms with Crippen molar-refractivity contribution in [2.45, 2.75) is 26.9 Å². The average Bonchev–Trinajstić information content (AvgIpc) is 2.80. The van der Waals surface area contributed by atoms with E-state index in [-0.39, 0.29) is 6.61 Å². The second-order valence-corrected chi connectivity index (χ2v) is 5.92. The second kappa shape index (κ2) is 8.02. The van der Waals surface area contributed by atoms with Gasteiger partial charge >= 0.3 is 5.97 Å². The van der Waals surface area contributed by atoms with Crippen LogP contribution >= 0.6 is 11.6 Å². The van der Waals surface area contributed by atoms with Gasteiger partial charge in [-0.3, -0.25) is 9.48 Å². The van der Waals surface area contributed by atoms with Gasteiger partial charge < -0.3 is 14.8 Å². The number of aryl methyl sites for hydroxylation is 2. The number of benzene rings is 1. The van der Waals surface area contributed by atoms with E-state index in [2.05, 4.69) is 10.4 Å². The first-order chi connectivity index (χ1) is 11.8. The number of nitrogens with one attached hydrogen (secondary N) is 1. The quantitative estimate of drug-likeness (QED) is 0.796. The number of anilines is 1. The van der Waals surface area contributed by atoms with Crippen molar-refractivity contribution in [2.75, 3.05) is 11.9 Å². The Morgan fingerprint density at radius 2 is 2.00 bits per heavy atom. The van der Waals surface area contributed by atoms with Crippen molar-refractivity contribution in [3.8, 4) is 5.75 Å². The maximum absolute atomic E-state index is 12.2. The van der Waals surface area contributed by atoms with E-state index < -0.39 is 18.0 Å². The van der Waals surface area contributed by atoms with Crippen LogP contribution in [0.1, 0.15) is 18.3 Å². The lowest BCUT2D eigenvalue weighted by molar-refractivity contribution is -0.155. The van der Waals surface area contributed by atoms with Crippen molar-refractivity contribution >= 4 is 29.2 Å². The zero-order valence-electron chi connectivity index (χ0n) is 14.5. The summed E-state index contributed by atoms with van der Waals surface area (Å²) in [5, 5.41) is 7.34. The Labute approximate surface area is 150 Å². The molecule has 0 aliphatic carbocycles. The summed E-state index contributed by atoms with van der Waals surface area (Å²) in [6.45, 7) is 4.77. The zero-order valence-corrected chi connectivity index (χ0v) is 15.3. The number of ether oxygens (including phenoxy) is 2. The van der Waals surface area contributed by atoms with Crippen LogP contribution in [0.3, 0.4) is 0 Å². The minimum absolute atomic E-state index is 0.341. The summed E-state index contributed by atoms with van der Waals surface area (Å²) in [6, 6.07) is 6.78. The number of carbonyl (C=O) groups excluding carboxylic acids is 2. The third kappa shape index (κ3) is 4.73. The number of carbonyl (C=O) groups is 2. The summed E-state index contributed by atoms with van der Waals surface area (Å²) in [6.07, 6.45) is -0.971. The first-order valence-electron chi connectivity index (χ1n) is 7.67. The molecule has 0 bridgehead atoms. The van der Waals surface area contributed by atoms with Gasteiger partial charge in [-0.15, -0.1) is 0 Å². The number of halogens is 1. The molecule has 2 aromatic rings. The molecule has 1 aromatic heterocycles. The van der Waals surface area contributed by atoms with Crippen LogP contribution in [0.25, 0.3) is 0 Å². The highest BCUT2D eigenvalue weighted by Gasteiger charge is 2.21. The summed E-state index contributed by atoms with van der Waals surface area (Å²) in [4.78, 5) is 24.0. The van der Waals surface area contributed by atoms with E-state index in [1.807, 2.05) is 6.92 Å². The fraction of sp³-hybridized carbons (Fsp3) is 0.353. The number of esters is 1. The Balaban J connectivity index is 1.88. The first-order valence-corrected chi connectivity index (χ1v) is 8.05. The number of amides is 1. The first kappa shape index (κ1) is 18.8. The molecule has 0 radical (unpaired) electrons. The number of nitrogens with zero attached hydrogens (tertiary/aromatic N) is 2. The number of para-hydroxylation sites is 1. The molecule has 134 valence electrons. The van der Waals surface area contributed by atoms with Gasteiger partial charge in [-0.1, -0.05) is 23.7 Å². The molecule has 1 amide bonds. The monoisotopic (exact) mass is 365 g/mol. The van der Waals surface area contributed by atoms with E-state index >= 15 is 0 Å². The maximum Gasteiger partial charge on any atom is 0.344 e. The molecular formula is C17H20ClN3O4. The highest BCUT2D eigenvalue weighted by atomic mass is 35.5. The van der Waals surface area contributed by atoms with Gasteiger partial charge in [0.05, 0.1) is 22.1 Å². The summed E-state index contributed by atoms with van der Waals surface area (Å²) >= 11 is 5.94. The maximum atomic E-state index is 12.2. The summed E-state index contributed by atoms with van der Waals surface area (Å²) < 4.78 is 12.0. The van der Waals surface area contributed by atoms with Crippen LogP contribution in [0, 0.1) is 13.8 Å². The molecule has 0 unspecified atom stereocenters. The number of aromatic nitrogens is 2. The normalized spacial score (nSPS) is 11.7. The molecule has 0 saturated heterocycles. The van der Waals surface area contributed by atoms with Crippen molar-refractivity contribution in [1.29, 1.82) is 0 Å². The fourth-order valence-electron chi connectivity index (χ4n) is 2.16. The predicted octanol–water partition coefficient (Wildman–Crippen LogP) is 2.64. The SMILES string of the molecule is Cc1nn(C)c(C)c1NC(=O)[C@@H](C)OC(=O)COc1ccccc1Cl. The molecule has 8 heteroatoms. The molecule has 1 N–H and O–H groups in total. The minimum Gasteiger partial charge on any atom is -0.480 e. The van der Waals surface area contributed by atoms with Crippen LogP contribution in [0.15, 0.2) is 24.3 Å². The standard InChI is InChI=1S/C17H20ClN3O4/c1-10-16(11(2)21(4)20-10)19-17(23)12(3)25-15(22)9-24-14-8-6-5-7-13(14)18/h5-8,12H,9H2,1-4H3,(H,19,23)/t12-/m1/s1. The molecule has 0 spiro atoms. The lowest BCUT2D eigenvalue weighted by Gasteiger charge is -2.14. The van der Waals surface area contributed by atoms with Crippen molar-refractivity contribution in [3.63, 3.8) is 0 Å². The number of hydrogen-bond donors (Lipinski definition) is 1. The second-order valence-electron chi connectivity index (χ2n) is 5.51. The van der Waals surface area contributed by atoms with Crippen LogP contribution in [0.2, 0.25) is 5.02 Å². The smallest absolute Gasteiger partial charge is 0.344 e. The summed E-state index contributed by atoms with van der Waals surface area (Å²) in [5.74, 6) is -0.729. The fourth-order valence-corrected chi connectivity index (χ4v) is 2.35. The summed E-state index contributed by atoms with van der Waals surface area (Å²) in [7, 11) is 1.79. The van der Waals surface area contributed by atoms with Crippen LogP contribution in [0.4, 0.5) is 5.69 Å². The molecule has 1 heterocycles. The van der Waals surface area contributed by atoms with Crippen LogP contribution in [0.5, 0.6) is 5.75 Å². The lowest BCUT2D eigenvalue weighted by Crippen LogP contribution is -2.32.